The zero-order chi connectivity index (χ0) is 20.9. The first kappa shape index (κ1) is 22.7. The van der Waals surface area contributed by atoms with Crippen molar-refractivity contribution < 1.29 is 21.6 Å². The molecule has 0 unspecified atom stereocenters. The van der Waals surface area contributed by atoms with E-state index >= 15 is 0 Å². The molecule has 2 aromatic rings. The van der Waals surface area contributed by atoms with E-state index in [9.17, 15) is 16.8 Å². The highest BCUT2D eigenvalue weighted by Crippen LogP contribution is 2.31. The average molecular weight is 491 g/mol. The van der Waals surface area contributed by atoms with E-state index in [1.165, 1.54) is 28.6 Å². The van der Waals surface area contributed by atoms with E-state index in [-0.39, 0.29) is 40.9 Å². The number of benzene rings is 2. The van der Waals surface area contributed by atoms with Crippen molar-refractivity contribution in [2.24, 2.45) is 0 Å². The van der Waals surface area contributed by atoms with Gasteiger partial charge in [-0.25, -0.2) is 16.8 Å². The Morgan fingerprint density at radius 1 is 0.964 bits per heavy atom. The van der Waals surface area contributed by atoms with Crippen molar-refractivity contribution in [3.05, 3.63) is 46.9 Å². The summed E-state index contributed by atoms with van der Waals surface area (Å²) in [6.07, 6.45) is 0. The molecule has 0 aromatic heterocycles. The van der Waals surface area contributed by atoms with Crippen LogP contribution < -0.4 is 9.46 Å². The van der Waals surface area contributed by atoms with Crippen LogP contribution >= 0.6 is 15.9 Å². The molecule has 0 saturated carbocycles. The molecule has 0 amide bonds. The van der Waals surface area contributed by atoms with Crippen molar-refractivity contribution in [2.45, 2.75) is 30.6 Å². The van der Waals surface area contributed by atoms with E-state index in [1.54, 1.807) is 39.0 Å². The normalized spacial score (nSPS) is 12.2. The van der Waals surface area contributed by atoms with Gasteiger partial charge in [-0.1, -0.05) is 26.0 Å². The van der Waals surface area contributed by atoms with E-state index in [1.807, 2.05) is 0 Å². The molecule has 154 valence electrons. The smallest absolute Gasteiger partial charge is 0.263 e. The second-order valence-electron chi connectivity index (χ2n) is 5.72. The minimum Gasteiger partial charge on any atom is -0.492 e. The molecule has 0 spiro atoms. The number of nitrogens with one attached hydrogen (secondary N) is 1. The zero-order valence-electron chi connectivity index (χ0n) is 15.8. The first-order chi connectivity index (χ1) is 13.2. The maximum absolute atomic E-state index is 13.0. The molecule has 0 aliphatic heterocycles. The molecule has 28 heavy (non-hydrogen) atoms. The Morgan fingerprint density at radius 2 is 1.61 bits per heavy atom. The van der Waals surface area contributed by atoms with E-state index < -0.39 is 20.0 Å². The largest absolute Gasteiger partial charge is 0.492 e. The SMILES string of the molecule is CCOc1ccc(NS(=O)(=O)c2ccccc2Br)cc1S(=O)(=O)N(CC)CC. The number of hydrogen-bond acceptors (Lipinski definition) is 5. The Kier molecular flexibility index (Phi) is 7.49. The highest BCUT2D eigenvalue weighted by atomic mass is 79.9. The molecular weight excluding hydrogens is 468 g/mol. The summed E-state index contributed by atoms with van der Waals surface area (Å²) in [5.74, 6) is 0.179. The molecule has 2 rings (SSSR count). The first-order valence-corrected chi connectivity index (χ1v) is 12.4. The number of nitrogens with zero attached hydrogens (tertiary/aromatic N) is 1. The van der Waals surface area contributed by atoms with Crippen LogP contribution in [0.2, 0.25) is 0 Å². The molecule has 0 aliphatic carbocycles. The van der Waals surface area contributed by atoms with Gasteiger partial charge in [0.05, 0.1) is 12.3 Å². The minimum absolute atomic E-state index is 0.0528. The van der Waals surface area contributed by atoms with Crippen LogP contribution in [-0.2, 0) is 20.0 Å². The van der Waals surface area contributed by atoms with Crippen LogP contribution in [0.15, 0.2) is 56.7 Å². The summed E-state index contributed by atoms with van der Waals surface area (Å²) in [4.78, 5) is -0.0255. The fraction of sp³-hybridized carbons (Fsp3) is 0.333. The van der Waals surface area contributed by atoms with Crippen LogP contribution in [0.3, 0.4) is 0 Å². The molecule has 0 atom stereocenters. The lowest BCUT2D eigenvalue weighted by Gasteiger charge is -2.21. The fourth-order valence-corrected chi connectivity index (χ4v) is 6.29. The van der Waals surface area contributed by atoms with Gasteiger partial charge >= 0.3 is 0 Å². The lowest BCUT2D eigenvalue weighted by atomic mass is 10.3. The van der Waals surface area contributed by atoms with Gasteiger partial charge in [0, 0.05) is 17.6 Å². The Morgan fingerprint density at radius 3 is 2.18 bits per heavy atom. The van der Waals surface area contributed by atoms with Gasteiger partial charge in [-0.3, -0.25) is 4.72 Å². The molecule has 1 N–H and O–H groups in total. The van der Waals surface area contributed by atoms with Crippen molar-refractivity contribution in [2.75, 3.05) is 24.4 Å². The van der Waals surface area contributed by atoms with Gasteiger partial charge in [-0.05, 0) is 53.2 Å². The minimum atomic E-state index is -3.91. The van der Waals surface area contributed by atoms with Gasteiger partial charge in [0.25, 0.3) is 10.0 Å². The maximum Gasteiger partial charge on any atom is 0.263 e. The maximum atomic E-state index is 13.0. The third-order valence-electron chi connectivity index (χ3n) is 3.95. The predicted molar refractivity (Wildman–Crippen MR) is 113 cm³/mol. The highest BCUT2D eigenvalue weighted by molar-refractivity contribution is 9.10. The monoisotopic (exact) mass is 490 g/mol. The van der Waals surface area contributed by atoms with Crippen LogP contribution in [0, 0.1) is 0 Å². The summed E-state index contributed by atoms with van der Waals surface area (Å²) in [7, 11) is -7.75. The average Bonchev–Trinajstić information content (AvgIpc) is 2.64. The molecule has 10 heteroatoms. The van der Waals surface area contributed by atoms with Crippen LogP contribution in [0.1, 0.15) is 20.8 Å². The van der Waals surface area contributed by atoms with E-state index in [4.69, 9.17) is 4.74 Å². The van der Waals surface area contributed by atoms with Gasteiger partial charge in [0.1, 0.15) is 15.5 Å². The number of ether oxygens (including phenoxy) is 1. The number of halogens is 1. The molecule has 7 nitrogen and oxygen atoms in total. The predicted octanol–water partition coefficient (Wildman–Crippen LogP) is 3.68. The lowest BCUT2D eigenvalue weighted by molar-refractivity contribution is 0.329. The Hall–Kier alpha value is -1.62. The summed E-state index contributed by atoms with van der Waals surface area (Å²) in [5.41, 5.74) is 0.130. The molecule has 0 radical (unpaired) electrons. The molecular formula is C18H23BrN2O5S2. The third kappa shape index (κ3) is 4.86. The standard InChI is InChI=1S/C18H23BrN2O5S2/c1-4-21(5-2)28(24,25)18-13-14(11-12-16(18)26-6-3)20-27(22,23)17-10-8-7-9-15(17)19/h7-13,20H,4-6H2,1-3H3. The quantitative estimate of drug-likeness (QED) is 0.578. The summed E-state index contributed by atoms with van der Waals surface area (Å²) in [5, 5.41) is 0. The van der Waals surface area contributed by atoms with Gasteiger partial charge in [0.2, 0.25) is 10.0 Å². The first-order valence-electron chi connectivity index (χ1n) is 8.71. The summed E-state index contributed by atoms with van der Waals surface area (Å²) < 4.78 is 61.0. The molecule has 2 aromatic carbocycles. The van der Waals surface area contributed by atoms with Gasteiger partial charge < -0.3 is 4.74 Å². The fourth-order valence-electron chi connectivity index (χ4n) is 2.62. The van der Waals surface area contributed by atoms with Crippen molar-refractivity contribution >= 4 is 41.7 Å². The van der Waals surface area contributed by atoms with Crippen molar-refractivity contribution in [1.82, 2.24) is 4.31 Å². The van der Waals surface area contributed by atoms with Crippen LogP contribution in [0.4, 0.5) is 5.69 Å². The van der Waals surface area contributed by atoms with Crippen LogP contribution in [0.5, 0.6) is 5.75 Å². The van der Waals surface area contributed by atoms with Gasteiger partial charge in [0.15, 0.2) is 0 Å². The summed E-state index contributed by atoms with van der Waals surface area (Å²) >= 11 is 3.22. The van der Waals surface area contributed by atoms with E-state index in [0.717, 1.165) is 0 Å². The number of sulfonamides is 2. The molecule has 0 aliphatic rings. The molecule has 0 bridgehead atoms. The van der Waals surface area contributed by atoms with Gasteiger partial charge in [-0.2, -0.15) is 4.31 Å². The summed E-state index contributed by atoms with van der Waals surface area (Å²) in [6.45, 7) is 6.08. The Bertz CT molecular complexity index is 1040. The molecule has 0 heterocycles. The van der Waals surface area contributed by atoms with Crippen molar-refractivity contribution in [1.29, 1.82) is 0 Å². The topological polar surface area (TPSA) is 92.8 Å². The lowest BCUT2D eigenvalue weighted by Crippen LogP contribution is -2.31. The van der Waals surface area contributed by atoms with Crippen LogP contribution in [-0.4, -0.2) is 40.8 Å². The number of hydrogen-bond donors (Lipinski definition) is 1. The Labute approximate surface area is 174 Å². The zero-order valence-corrected chi connectivity index (χ0v) is 19.1. The third-order valence-corrected chi connectivity index (χ3v) is 8.41. The highest BCUT2D eigenvalue weighted by Gasteiger charge is 2.27. The van der Waals surface area contributed by atoms with Crippen LogP contribution in [0.25, 0.3) is 0 Å². The van der Waals surface area contributed by atoms with Crippen molar-refractivity contribution in [3.8, 4) is 5.75 Å². The number of anilines is 1. The van der Waals surface area contributed by atoms with Gasteiger partial charge in [-0.15, -0.1) is 0 Å². The summed E-state index contributed by atoms with van der Waals surface area (Å²) in [6, 6.07) is 10.6. The van der Waals surface area contributed by atoms with E-state index in [0.29, 0.717) is 4.47 Å². The van der Waals surface area contributed by atoms with E-state index in [2.05, 4.69) is 20.7 Å². The molecule has 0 fully saturated rings. The second kappa shape index (κ2) is 9.25. The Balaban J connectivity index is 2.52. The molecule has 0 saturated heterocycles. The second-order valence-corrected chi connectivity index (χ2v) is 10.1. The number of rotatable bonds is 9. The van der Waals surface area contributed by atoms with Crippen molar-refractivity contribution in [3.63, 3.8) is 0 Å².